The Morgan fingerprint density at radius 2 is 1.75 bits per heavy atom. The van der Waals surface area contributed by atoms with Crippen molar-refractivity contribution in [2.45, 2.75) is 38.1 Å². The van der Waals surface area contributed by atoms with Crippen molar-refractivity contribution in [2.75, 3.05) is 11.9 Å². The Labute approximate surface area is 120 Å². The highest BCUT2D eigenvalue weighted by Crippen LogP contribution is 2.55. The number of rotatable bonds is 2. The van der Waals surface area contributed by atoms with Crippen LogP contribution in [-0.2, 0) is 0 Å². The average molecular weight is 267 g/mol. The highest BCUT2D eigenvalue weighted by molar-refractivity contribution is 5.43. The molecule has 1 aromatic heterocycles. The van der Waals surface area contributed by atoms with Crippen molar-refractivity contribution in [3.63, 3.8) is 0 Å². The summed E-state index contributed by atoms with van der Waals surface area (Å²) >= 11 is 0. The van der Waals surface area contributed by atoms with Gasteiger partial charge in [0.15, 0.2) is 0 Å². The monoisotopic (exact) mass is 267 g/mol. The molecular weight excluding hydrogens is 246 g/mol. The van der Waals surface area contributed by atoms with Gasteiger partial charge in [0.05, 0.1) is 5.56 Å². The van der Waals surface area contributed by atoms with Gasteiger partial charge in [-0.1, -0.05) is 0 Å². The fourth-order valence-electron chi connectivity index (χ4n) is 5.34. The summed E-state index contributed by atoms with van der Waals surface area (Å²) < 4.78 is 0. The van der Waals surface area contributed by atoms with Gasteiger partial charge in [0.1, 0.15) is 11.9 Å². The van der Waals surface area contributed by atoms with Gasteiger partial charge >= 0.3 is 0 Å². The quantitative estimate of drug-likeness (QED) is 0.826. The first-order valence-electron chi connectivity index (χ1n) is 7.83. The molecule has 0 N–H and O–H groups in total. The molecule has 104 valence electrons. The molecule has 0 aliphatic heterocycles. The zero-order chi connectivity index (χ0) is 13.7. The first kappa shape index (κ1) is 12.2. The van der Waals surface area contributed by atoms with Crippen LogP contribution in [0.2, 0.25) is 0 Å². The molecule has 4 fully saturated rings. The normalized spacial score (nSPS) is 37.7. The lowest BCUT2D eigenvalue weighted by Crippen LogP contribution is -2.55. The second kappa shape index (κ2) is 4.48. The molecule has 0 atom stereocenters. The summed E-state index contributed by atoms with van der Waals surface area (Å²) in [5, 5.41) is 8.88. The molecule has 0 spiro atoms. The lowest BCUT2D eigenvalue weighted by molar-refractivity contribution is -0.00142. The summed E-state index contributed by atoms with van der Waals surface area (Å²) in [6.07, 6.45) is 8.91. The molecule has 5 rings (SSSR count). The van der Waals surface area contributed by atoms with Crippen LogP contribution in [0, 0.1) is 35.0 Å². The molecule has 4 aliphatic rings. The summed E-state index contributed by atoms with van der Waals surface area (Å²) in [4.78, 5) is 6.88. The van der Waals surface area contributed by atoms with Crippen LogP contribution in [0.3, 0.4) is 0 Å². The van der Waals surface area contributed by atoms with E-state index in [9.17, 15) is 0 Å². The number of pyridine rings is 1. The number of hydrogen-bond acceptors (Lipinski definition) is 3. The zero-order valence-corrected chi connectivity index (χ0v) is 12.0. The molecule has 4 saturated carbocycles. The van der Waals surface area contributed by atoms with Crippen LogP contribution in [0.15, 0.2) is 18.3 Å². The van der Waals surface area contributed by atoms with E-state index >= 15 is 0 Å². The van der Waals surface area contributed by atoms with Crippen LogP contribution in [-0.4, -0.2) is 18.1 Å². The van der Waals surface area contributed by atoms with E-state index in [2.05, 4.69) is 23.0 Å². The Balaban J connectivity index is 1.59. The molecule has 3 nitrogen and oxygen atoms in total. The van der Waals surface area contributed by atoms with Gasteiger partial charge in [-0.05, 0) is 67.9 Å². The van der Waals surface area contributed by atoms with Crippen molar-refractivity contribution in [1.29, 1.82) is 5.26 Å². The Hall–Kier alpha value is -1.56. The largest absolute Gasteiger partial charge is 0.356 e. The Morgan fingerprint density at radius 3 is 2.25 bits per heavy atom. The van der Waals surface area contributed by atoms with E-state index in [1.165, 1.54) is 32.1 Å². The first-order chi connectivity index (χ1) is 9.74. The van der Waals surface area contributed by atoms with Gasteiger partial charge in [0, 0.05) is 19.3 Å². The third-order valence-electron chi connectivity index (χ3n) is 5.86. The maximum Gasteiger partial charge on any atom is 0.128 e. The van der Waals surface area contributed by atoms with Gasteiger partial charge in [-0.25, -0.2) is 4.98 Å². The topological polar surface area (TPSA) is 39.9 Å². The zero-order valence-electron chi connectivity index (χ0n) is 12.0. The maximum atomic E-state index is 8.88. The van der Waals surface area contributed by atoms with Crippen molar-refractivity contribution in [2.24, 2.45) is 23.7 Å². The predicted molar refractivity (Wildman–Crippen MR) is 78.2 cm³/mol. The highest BCUT2D eigenvalue weighted by atomic mass is 15.2. The van der Waals surface area contributed by atoms with Gasteiger partial charge in [-0.15, -0.1) is 0 Å². The molecule has 20 heavy (non-hydrogen) atoms. The third-order valence-corrected chi connectivity index (χ3v) is 5.86. The summed E-state index contributed by atoms with van der Waals surface area (Å²) in [5.41, 5.74) is 0.646. The van der Waals surface area contributed by atoms with Crippen LogP contribution in [0.25, 0.3) is 0 Å². The van der Waals surface area contributed by atoms with E-state index in [0.29, 0.717) is 11.6 Å². The fraction of sp³-hybridized carbons (Fsp3) is 0.647. The van der Waals surface area contributed by atoms with Crippen LogP contribution in [0.1, 0.15) is 37.7 Å². The minimum absolute atomic E-state index is 0.646. The van der Waals surface area contributed by atoms with Gasteiger partial charge in [0.25, 0.3) is 0 Å². The summed E-state index contributed by atoms with van der Waals surface area (Å²) in [5.74, 6) is 4.79. The van der Waals surface area contributed by atoms with Crippen LogP contribution in [0.4, 0.5) is 5.82 Å². The van der Waals surface area contributed by atoms with Crippen LogP contribution in [0.5, 0.6) is 0 Å². The predicted octanol–water partition coefficient (Wildman–Crippen LogP) is 3.21. The number of anilines is 1. The molecule has 1 heterocycles. The molecule has 1 aromatic rings. The second-order valence-corrected chi connectivity index (χ2v) is 7.05. The molecule has 0 saturated heterocycles. The van der Waals surface area contributed by atoms with E-state index < -0.39 is 0 Å². The SMILES string of the molecule is CN(c1ccc(C#N)cn1)C1C2CC3CC(C2)CC1C3. The Morgan fingerprint density at radius 1 is 1.10 bits per heavy atom. The minimum Gasteiger partial charge on any atom is -0.356 e. The van der Waals surface area contributed by atoms with Crippen LogP contribution >= 0.6 is 0 Å². The van der Waals surface area contributed by atoms with E-state index in [-0.39, 0.29) is 0 Å². The lowest BCUT2D eigenvalue weighted by Gasteiger charge is -2.56. The number of nitriles is 1. The maximum absolute atomic E-state index is 8.88. The second-order valence-electron chi connectivity index (χ2n) is 7.05. The number of hydrogen-bond donors (Lipinski definition) is 0. The lowest BCUT2D eigenvalue weighted by atomic mass is 9.54. The third kappa shape index (κ3) is 1.82. The molecule has 0 aromatic carbocycles. The van der Waals surface area contributed by atoms with Crippen LogP contribution < -0.4 is 4.90 Å². The van der Waals surface area contributed by atoms with Gasteiger partial charge in [0.2, 0.25) is 0 Å². The first-order valence-corrected chi connectivity index (χ1v) is 7.83. The average Bonchev–Trinajstić information content (AvgIpc) is 2.46. The van der Waals surface area contributed by atoms with Crippen molar-refractivity contribution in [3.05, 3.63) is 23.9 Å². The van der Waals surface area contributed by atoms with Gasteiger partial charge in [-0.3, -0.25) is 0 Å². The molecule has 4 aliphatic carbocycles. The summed E-state index contributed by atoms with van der Waals surface area (Å²) in [6, 6.07) is 6.70. The van der Waals surface area contributed by atoms with Gasteiger partial charge in [-0.2, -0.15) is 5.26 Å². The summed E-state index contributed by atoms with van der Waals surface area (Å²) in [7, 11) is 2.20. The number of nitrogens with zero attached hydrogens (tertiary/aromatic N) is 3. The molecule has 0 radical (unpaired) electrons. The standard InChI is InChI=1S/C17H21N3/c1-20(16-3-2-11(9-18)10-19-16)17-14-5-12-4-13(7-14)8-15(17)6-12/h2-3,10,12-15,17H,4-8H2,1H3. The van der Waals surface area contributed by atoms with Crippen molar-refractivity contribution in [1.82, 2.24) is 4.98 Å². The van der Waals surface area contributed by atoms with Crippen molar-refractivity contribution in [3.8, 4) is 6.07 Å². The van der Waals surface area contributed by atoms with E-state index in [1.54, 1.807) is 6.20 Å². The molecule has 4 bridgehead atoms. The molecule has 0 unspecified atom stereocenters. The van der Waals surface area contributed by atoms with Crippen molar-refractivity contribution >= 4 is 5.82 Å². The highest BCUT2D eigenvalue weighted by Gasteiger charge is 2.49. The molecule has 3 heteroatoms. The Kier molecular flexibility index (Phi) is 2.73. The van der Waals surface area contributed by atoms with E-state index in [4.69, 9.17) is 5.26 Å². The van der Waals surface area contributed by atoms with E-state index in [1.807, 2.05) is 12.1 Å². The van der Waals surface area contributed by atoms with Crippen molar-refractivity contribution < 1.29 is 0 Å². The Bertz CT molecular complexity index is 514. The smallest absolute Gasteiger partial charge is 0.128 e. The fourth-order valence-corrected chi connectivity index (χ4v) is 5.34. The molecule has 0 amide bonds. The molecular formula is C17H21N3. The van der Waals surface area contributed by atoms with Gasteiger partial charge < -0.3 is 4.90 Å². The minimum atomic E-state index is 0.646. The summed E-state index contributed by atoms with van der Waals surface area (Å²) in [6.45, 7) is 0. The van der Waals surface area contributed by atoms with E-state index in [0.717, 1.165) is 29.5 Å². The number of aromatic nitrogens is 1.